The fraction of sp³-hybridized carbons (Fsp3) is 0.211. The summed E-state index contributed by atoms with van der Waals surface area (Å²) in [6, 6.07) is 12.7. The van der Waals surface area contributed by atoms with Gasteiger partial charge in [0.25, 0.3) is 0 Å². The molecule has 0 saturated carbocycles. The molecule has 0 unspecified atom stereocenters. The molecule has 0 aliphatic rings. The van der Waals surface area contributed by atoms with Crippen molar-refractivity contribution in [2.45, 2.75) is 13.8 Å². The number of carbonyl (C=O) groups is 1. The molecule has 5 nitrogen and oxygen atoms in total. The first-order valence-corrected chi connectivity index (χ1v) is 8.81. The minimum atomic E-state index is -0.338. The molecule has 2 aromatic carbocycles. The SMILES string of the molecule is CCOc1ccc(NC(=O)N/C=C/c2ccccc2Br)cc1OCC. The lowest BCUT2D eigenvalue weighted by Gasteiger charge is -2.12. The van der Waals surface area contributed by atoms with Gasteiger partial charge in [-0.25, -0.2) is 4.79 Å². The topological polar surface area (TPSA) is 59.6 Å². The second-order valence-corrected chi connectivity index (χ2v) is 5.84. The molecule has 132 valence electrons. The molecule has 0 aliphatic heterocycles. The summed E-state index contributed by atoms with van der Waals surface area (Å²) in [6.45, 7) is 4.87. The van der Waals surface area contributed by atoms with Crippen molar-refractivity contribution in [2.75, 3.05) is 18.5 Å². The van der Waals surface area contributed by atoms with Crippen LogP contribution in [0.4, 0.5) is 10.5 Å². The lowest BCUT2D eigenvalue weighted by molar-refractivity contribution is 0.255. The van der Waals surface area contributed by atoms with Crippen LogP contribution in [0.25, 0.3) is 6.08 Å². The maximum absolute atomic E-state index is 12.0. The lowest BCUT2D eigenvalue weighted by atomic mass is 10.2. The van der Waals surface area contributed by atoms with Gasteiger partial charge >= 0.3 is 6.03 Å². The average Bonchev–Trinajstić information content (AvgIpc) is 2.59. The Morgan fingerprint density at radius 3 is 2.52 bits per heavy atom. The summed E-state index contributed by atoms with van der Waals surface area (Å²) < 4.78 is 12.0. The van der Waals surface area contributed by atoms with Crippen LogP contribution in [0.5, 0.6) is 11.5 Å². The molecule has 2 rings (SSSR count). The van der Waals surface area contributed by atoms with Gasteiger partial charge in [0.2, 0.25) is 0 Å². The van der Waals surface area contributed by atoms with Gasteiger partial charge in [0.05, 0.1) is 13.2 Å². The Hall–Kier alpha value is -2.47. The van der Waals surface area contributed by atoms with Gasteiger partial charge in [0.15, 0.2) is 11.5 Å². The Kier molecular flexibility index (Phi) is 7.35. The summed E-state index contributed by atoms with van der Waals surface area (Å²) >= 11 is 3.45. The number of nitrogens with one attached hydrogen (secondary N) is 2. The van der Waals surface area contributed by atoms with Gasteiger partial charge in [0.1, 0.15) is 0 Å². The van der Waals surface area contributed by atoms with E-state index in [0.29, 0.717) is 30.4 Å². The number of amides is 2. The van der Waals surface area contributed by atoms with E-state index in [4.69, 9.17) is 9.47 Å². The monoisotopic (exact) mass is 404 g/mol. The summed E-state index contributed by atoms with van der Waals surface area (Å²) in [7, 11) is 0. The van der Waals surface area contributed by atoms with Crippen LogP contribution in [0.2, 0.25) is 0 Å². The van der Waals surface area contributed by atoms with Crippen molar-refractivity contribution >= 4 is 33.7 Å². The number of benzene rings is 2. The summed E-state index contributed by atoms with van der Waals surface area (Å²) in [5, 5.41) is 5.44. The van der Waals surface area contributed by atoms with Crippen LogP contribution in [-0.4, -0.2) is 19.2 Å². The van der Waals surface area contributed by atoms with Crippen molar-refractivity contribution in [1.29, 1.82) is 0 Å². The lowest BCUT2D eigenvalue weighted by Crippen LogP contribution is -2.23. The number of halogens is 1. The first-order valence-electron chi connectivity index (χ1n) is 8.02. The molecule has 0 radical (unpaired) electrons. The standard InChI is InChI=1S/C19H21BrN2O3/c1-3-24-17-10-9-15(13-18(17)25-4-2)22-19(23)21-12-11-14-7-5-6-8-16(14)20/h5-13H,3-4H2,1-2H3,(H2,21,22,23)/b12-11+. The minimum Gasteiger partial charge on any atom is -0.490 e. The molecule has 0 fully saturated rings. The molecule has 0 spiro atoms. The number of hydrogen-bond donors (Lipinski definition) is 2. The van der Waals surface area contributed by atoms with Gasteiger partial charge in [-0.2, -0.15) is 0 Å². The first-order chi connectivity index (χ1) is 12.1. The Balaban J connectivity index is 1.98. The normalized spacial score (nSPS) is 10.5. The van der Waals surface area contributed by atoms with Crippen LogP contribution in [-0.2, 0) is 0 Å². The third-order valence-corrected chi connectivity index (χ3v) is 3.91. The predicted octanol–water partition coefficient (Wildman–Crippen LogP) is 5.04. The highest BCUT2D eigenvalue weighted by Crippen LogP contribution is 2.30. The summed E-state index contributed by atoms with van der Waals surface area (Å²) in [5.41, 5.74) is 1.60. The van der Waals surface area contributed by atoms with Crippen molar-refractivity contribution in [3.05, 3.63) is 58.7 Å². The molecule has 2 N–H and O–H groups in total. The molecule has 0 atom stereocenters. The van der Waals surface area contributed by atoms with E-state index < -0.39 is 0 Å². The maximum atomic E-state index is 12.0. The van der Waals surface area contributed by atoms with E-state index in [9.17, 15) is 4.79 Å². The number of anilines is 1. The van der Waals surface area contributed by atoms with Gasteiger partial charge in [0, 0.05) is 22.4 Å². The minimum absolute atomic E-state index is 0.338. The highest BCUT2D eigenvalue weighted by Gasteiger charge is 2.07. The van der Waals surface area contributed by atoms with Crippen LogP contribution >= 0.6 is 15.9 Å². The molecular weight excluding hydrogens is 384 g/mol. The molecule has 0 bridgehead atoms. The van der Waals surface area contributed by atoms with Crippen LogP contribution in [0.15, 0.2) is 53.1 Å². The van der Waals surface area contributed by atoms with E-state index in [1.807, 2.05) is 44.2 Å². The molecule has 25 heavy (non-hydrogen) atoms. The molecule has 0 aromatic heterocycles. The second kappa shape index (κ2) is 9.74. The second-order valence-electron chi connectivity index (χ2n) is 4.98. The van der Waals surface area contributed by atoms with E-state index >= 15 is 0 Å². The first kappa shape index (κ1) is 18.9. The summed E-state index contributed by atoms with van der Waals surface area (Å²) in [5.74, 6) is 1.26. The highest BCUT2D eigenvalue weighted by molar-refractivity contribution is 9.10. The van der Waals surface area contributed by atoms with Crippen LogP contribution in [0.1, 0.15) is 19.4 Å². The van der Waals surface area contributed by atoms with E-state index in [-0.39, 0.29) is 6.03 Å². The summed E-state index contributed by atoms with van der Waals surface area (Å²) in [6.07, 6.45) is 3.40. The van der Waals surface area contributed by atoms with Crippen molar-refractivity contribution in [1.82, 2.24) is 5.32 Å². The number of hydrogen-bond acceptors (Lipinski definition) is 3. The molecule has 0 saturated heterocycles. The van der Waals surface area contributed by atoms with Gasteiger partial charge < -0.3 is 20.1 Å². The zero-order chi connectivity index (χ0) is 18.1. The van der Waals surface area contributed by atoms with Gasteiger partial charge in [-0.1, -0.05) is 34.1 Å². The van der Waals surface area contributed by atoms with Crippen LogP contribution < -0.4 is 20.1 Å². The largest absolute Gasteiger partial charge is 0.490 e. The van der Waals surface area contributed by atoms with Crippen molar-refractivity contribution in [3.8, 4) is 11.5 Å². The third kappa shape index (κ3) is 5.83. The summed E-state index contributed by atoms with van der Waals surface area (Å²) in [4.78, 5) is 12.0. The molecule has 2 aromatic rings. The van der Waals surface area contributed by atoms with Crippen molar-refractivity contribution in [2.24, 2.45) is 0 Å². The molecular formula is C19H21BrN2O3. The quantitative estimate of drug-likeness (QED) is 0.679. The predicted molar refractivity (Wildman–Crippen MR) is 104 cm³/mol. The van der Waals surface area contributed by atoms with Gasteiger partial charge in [-0.3, -0.25) is 0 Å². The van der Waals surface area contributed by atoms with E-state index in [0.717, 1.165) is 10.0 Å². The number of rotatable bonds is 7. The Morgan fingerprint density at radius 1 is 1.08 bits per heavy atom. The Bertz CT molecular complexity index is 747. The van der Waals surface area contributed by atoms with Gasteiger partial charge in [-0.05, 0) is 43.7 Å². The van der Waals surface area contributed by atoms with Gasteiger partial charge in [-0.15, -0.1) is 0 Å². The maximum Gasteiger partial charge on any atom is 0.323 e. The van der Waals surface area contributed by atoms with E-state index in [2.05, 4.69) is 26.6 Å². The molecule has 0 aliphatic carbocycles. The van der Waals surface area contributed by atoms with Crippen LogP contribution in [0, 0.1) is 0 Å². The average molecular weight is 405 g/mol. The van der Waals surface area contributed by atoms with E-state index in [1.54, 1.807) is 24.4 Å². The zero-order valence-electron chi connectivity index (χ0n) is 14.2. The Labute approximate surface area is 156 Å². The smallest absolute Gasteiger partial charge is 0.323 e. The fourth-order valence-corrected chi connectivity index (χ4v) is 2.53. The third-order valence-electron chi connectivity index (χ3n) is 3.18. The zero-order valence-corrected chi connectivity index (χ0v) is 15.8. The fourth-order valence-electron chi connectivity index (χ4n) is 2.11. The van der Waals surface area contributed by atoms with Crippen molar-refractivity contribution < 1.29 is 14.3 Å². The molecule has 6 heteroatoms. The Morgan fingerprint density at radius 2 is 1.80 bits per heavy atom. The molecule has 0 heterocycles. The number of ether oxygens (including phenoxy) is 2. The number of urea groups is 1. The van der Waals surface area contributed by atoms with Crippen LogP contribution in [0.3, 0.4) is 0 Å². The van der Waals surface area contributed by atoms with E-state index in [1.165, 1.54) is 0 Å². The number of carbonyl (C=O) groups excluding carboxylic acids is 1. The highest BCUT2D eigenvalue weighted by atomic mass is 79.9. The van der Waals surface area contributed by atoms with Crippen molar-refractivity contribution in [3.63, 3.8) is 0 Å². The molecule has 2 amide bonds.